The van der Waals surface area contributed by atoms with Crippen LogP contribution in [0.1, 0.15) is 0 Å². The molecule has 2 heteroatoms. The maximum atomic E-state index is 2.43. The van der Waals surface area contributed by atoms with Crippen molar-refractivity contribution in [3.8, 4) is 11.1 Å². The van der Waals surface area contributed by atoms with E-state index in [4.69, 9.17) is 0 Å². The fourth-order valence-electron chi connectivity index (χ4n) is 6.67. The number of nitrogens with zero attached hydrogens (tertiary/aromatic N) is 1. The van der Waals surface area contributed by atoms with E-state index in [1.165, 1.54) is 69.3 Å². The van der Waals surface area contributed by atoms with Gasteiger partial charge in [0.05, 0.1) is 5.69 Å². The lowest BCUT2D eigenvalue weighted by molar-refractivity contribution is 1.30. The molecule has 9 rings (SSSR count). The largest absolute Gasteiger partial charge is 0.310 e. The molecule has 0 fully saturated rings. The summed E-state index contributed by atoms with van der Waals surface area (Å²) in [5, 5.41) is 10.2. The highest BCUT2D eigenvalue weighted by atomic mass is 32.1. The summed E-state index contributed by atoms with van der Waals surface area (Å²) in [6, 6.07) is 59.8. The van der Waals surface area contributed by atoms with Crippen molar-refractivity contribution in [1.29, 1.82) is 0 Å². The summed E-state index contributed by atoms with van der Waals surface area (Å²) in [5.41, 5.74) is 5.89. The van der Waals surface area contributed by atoms with E-state index in [9.17, 15) is 0 Å². The van der Waals surface area contributed by atoms with Crippen molar-refractivity contribution in [2.75, 3.05) is 4.90 Å². The molecule has 9 aromatic rings. The van der Waals surface area contributed by atoms with Crippen LogP contribution >= 0.6 is 11.3 Å². The number of hydrogen-bond acceptors (Lipinski definition) is 2. The molecular formula is C42H27NS. The predicted octanol–water partition coefficient (Wildman–Crippen LogP) is 12.7. The zero-order chi connectivity index (χ0) is 29.0. The number of rotatable bonds is 4. The fourth-order valence-corrected chi connectivity index (χ4v) is 7.79. The highest BCUT2D eigenvalue weighted by molar-refractivity contribution is 7.25. The number of anilines is 3. The molecule has 0 aliphatic carbocycles. The minimum absolute atomic E-state index is 1.13. The lowest BCUT2D eigenvalue weighted by atomic mass is 9.99. The van der Waals surface area contributed by atoms with E-state index in [2.05, 4.69) is 169 Å². The molecule has 1 aromatic heterocycles. The molecule has 0 N–H and O–H groups in total. The zero-order valence-corrected chi connectivity index (χ0v) is 24.8. The normalized spacial score (nSPS) is 11.6. The van der Waals surface area contributed by atoms with Gasteiger partial charge < -0.3 is 4.90 Å². The van der Waals surface area contributed by atoms with Gasteiger partial charge in [-0.3, -0.25) is 0 Å². The van der Waals surface area contributed by atoms with E-state index in [0.717, 1.165) is 11.4 Å². The van der Waals surface area contributed by atoms with Gasteiger partial charge in [-0.2, -0.15) is 0 Å². The summed E-state index contributed by atoms with van der Waals surface area (Å²) in [5.74, 6) is 0. The zero-order valence-electron chi connectivity index (χ0n) is 23.9. The van der Waals surface area contributed by atoms with E-state index >= 15 is 0 Å². The number of benzene rings is 8. The maximum Gasteiger partial charge on any atom is 0.0540 e. The van der Waals surface area contributed by atoms with Crippen molar-refractivity contribution < 1.29 is 0 Å². The van der Waals surface area contributed by atoms with Crippen LogP contribution < -0.4 is 4.90 Å². The molecule has 0 atom stereocenters. The molecule has 1 nitrogen and oxygen atoms in total. The first-order valence-electron chi connectivity index (χ1n) is 15.0. The van der Waals surface area contributed by atoms with Crippen molar-refractivity contribution in [1.82, 2.24) is 0 Å². The summed E-state index contributed by atoms with van der Waals surface area (Å²) in [6.07, 6.45) is 0. The topological polar surface area (TPSA) is 3.24 Å². The molecule has 0 bridgehead atoms. The Morgan fingerprint density at radius 2 is 1.00 bits per heavy atom. The third kappa shape index (κ3) is 4.07. The van der Waals surface area contributed by atoms with E-state index in [-0.39, 0.29) is 0 Å². The van der Waals surface area contributed by atoms with E-state index in [1.54, 1.807) is 0 Å². The summed E-state index contributed by atoms with van der Waals surface area (Å²) in [6.45, 7) is 0. The van der Waals surface area contributed by atoms with Crippen molar-refractivity contribution in [2.45, 2.75) is 0 Å². The standard InChI is InChI=1S/C42H27NS/c1-2-9-28(10-3-1)29-19-22-33(23-20-29)43(34-24-21-31-18-17-30-11-4-5-13-35(30)37(31)26-34)40-15-8-12-32-25-39-36-14-6-7-16-41(36)44-42(39)27-38(32)40/h1-27H. The molecule has 0 amide bonds. The third-order valence-electron chi connectivity index (χ3n) is 8.82. The van der Waals surface area contributed by atoms with Gasteiger partial charge in [-0.05, 0) is 86.6 Å². The SMILES string of the molecule is c1ccc(-c2ccc(N(c3ccc4ccc5ccccc5c4c3)c3cccc4cc5c(cc34)sc3ccccc35)cc2)cc1. The second-order valence-corrected chi connectivity index (χ2v) is 12.5. The Bertz CT molecular complexity index is 2490. The van der Waals surface area contributed by atoms with Crippen LogP contribution in [0.3, 0.4) is 0 Å². The highest BCUT2D eigenvalue weighted by Gasteiger charge is 2.18. The molecule has 0 unspecified atom stereocenters. The van der Waals surface area contributed by atoms with Gasteiger partial charge in [-0.15, -0.1) is 11.3 Å². The first kappa shape index (κ1) is 25.1. The fraction of sp³-hybridized carbons (Fsp3) is 0. The second kappa shape index (κ2) is 10.1. The Labute approximate surface area is 259 Å². The highest BCUT2D eigenvalue weighted by Crippen LogP contribution is 2.44. The quantitative estimate of drug-likeness (QED) is 0.188. The van der Waals surface area contributed by atoms with Crippen molar-refractivity contribution in [2.24, 2.45) is 0 Å². The Kier molecular flexibility index (Phi) is 5.75. The van der Waals surface area contributed by atoms with E-state index in [1.807, 2.05) is 11.3 Å². The van der Waals surface area contributed by atoms with Crippen LogP contribution in [0.15, 0.2) is 164 Å². The molecule has 0 spiro atoms. The lowest BCUT2D eigenvalue weighted by Crippen LogP contribution is -2.10. The van der Waals surface area contributed by atoms with Crippen LogP contribution in [0.2, 0.25) is 0 Å². The van der Waals surface area contributed by atoms with Gasteiger partial charge in [-0.1, -0.05) is 115 Å². The van der Waals surface area contributed by atoms with Crippen LogP contribution in [0.4, 0.5) is 17.1 Å². The summed E-state index contributed by atoms with van der Waals surface area (Å²) < 4.78 is 2.64. The minimum Gasteiger partial charge on any atom is -0.310 e. The molecule has 1 heterocycles. The molecule has 0 saturated heterocycles. The van der Waals surface area contributed by atoms with Crippen LogP contribution in [0, 0.1) is 0 Å². The van der Waals surface area contributed by atoms with Gasteiger partial charge >= 0.3 is 0 Å². The monoisotopic (exact) mass is 577 g/mol. The first-order valence-corrected chi connectivity index (χ1v) is 15.8. The molecule has 206 valence electrons. The van der Waals surface area contributed by atoms with Crippen molar-refractivity contribution in [3.05, 3.63) is 164 Å². The predicted molar refractivity (Wildman–Crippen MR) is 192 cm³/mol. The molecule has 0 radical (unpaired) electrons. The Morgan fingerprint density at radius 3 is 1.86 bits per heavy atom. The van der Waals surface area contributed by atoms with Gasteiger partial charge in [-0.25, -0.2) is 0 Å². The average Bonchev–Trinajstić information content (AvgIpc) is 3.45. The van der Waals surface area contributed by atoms with Gasteiger partial charge in [0, 0.05) is 36.9 Å². The van der Waals surface area contributed by atoms with Crippen molar-refractivity contribution in [3.63, 3.8) is 0 Å². The number of thiophene rings is 1. The van der Waals surface area contributed by atoms with Crippen molar-refractivity contribution >= 4 is 80.9 Å². The molecule has 0 aliphatic heterocycles. The van der Waals surface area contributed by atoms with Gasteiger partial charge in [0.2, 0.25) is 0 Å². The van der Waals surface area contributed by atoms with Crippen LogP contribution in [-0.2, 0) is 0 Å². The summed E-state index contributed by atoms with van der Waals surface area (Å²) >= 11 is 1.87. The molecule has 44 heavy (non-hydrogen) atoms. The number of hydrogen-bond donors (Lipinski definition) is 0. The van der Waals surface area contributed by atoms with Gasteiger partial charge in [0.15, 0.2) is 0 Å². The summed E-state index contributed by atoms with van der Waals surface area (Å²) in [4.78, 5) is 2.43. The van der Waals surface area contributed by atoms with Crippen LogP contribution in [0.5, 0.6) is 0 Å². The van der Waals surface area contributed by atoms with Gasteiger partial charge in [0.1, 0.15) is 0 Å². The minimum atomic E-state index is 1.13. The van der Waals surface area contributed by atoms with Gasteiger partial charge in [0.25, 0.3) is 0 Å². The molecule has 0 saturated carbocycles. The van der Waals surface area contributed by atoms with E-state index in [0.29, 0.717) is 0 Å². The smallest absolute Gasteiger partial charge is 0.0540 e. The molecule has 8 aromatic carbocycles. The maximum absolute atomic E-state index is 2.43. The Balaban J connectivity index is 1.29. The third-order valence-corrected chi connectivity index (χ3v) is 9.95. The Hall–Kier alpha value is -5.44. The number of fused-ring (bicyclic) bond motifs is 7. The Morgan fingerprint density at radius 1 is 0.341 bits per heavy atom. The van der Waals surface area contributed by atoms with Crippen LogP contribution in [-0.4, -0.2) is 0 Å². The average molecular weight is 578 g/mol. The first-order chi connectivity index (χ1) is 21.8. The summed E-state index contributed by atoms with van der Waals surface area (Å²) in [7, 11) is 0. The molecule has 0 aliphatic rings. The lowest BCUT2D eigenvalue weighted by Gasteiger charge is -2.27. The molecular weight excluding hydrogens is 551 g/mol. The second-order valence-electron chi connectivity index (χ2n) is 11.4. The van der Waals surface area contributed by atoms with Crippen LogP contribution in [0.25, 0.3) is 63.6 Å². The van der Waals surface area contributed by atoms with E-state index < -0.39 is 0 Å².